The monoisotopic (exact) mass is 775 g/mol. The van der Waals surface area contributed by atoms with Gasteiger partial charge < -0.3 is 4.90 Å². The molecule has 10 aromatic carbocycles. The van der Waals surface area contributed by atoms with Crippen LogP contribution in [0.1, 0.15) is 33.4 Å². The molecule has 10 aromatic rings. The highest BCUT2D eigenvalue weighted by Gasteiger charge is 2.52. The largest absolute Gasteiger partial charge is 0.310 e. The van der Waals surface area contributed by atoms with Crippen LogP contribution in [0.4, 0.5) is 17.1 Å². The number of fused-ring (bicyclic) bond motifs is 10. The number of hydrogen-bond acceptors (Lipinski definition) is 1. The van der Waals surface area contributed by atoms with E-state index in [-0.39, 0.29) is 0 Å². The average molecular weight is 776 g/mol. The molecule has 0 saturated carbocycles. The zero-order valence-electron chi connectivity index (χ0n) is 33.7. The molecule has 0 N–H and O–H groups in total. The molecule has 0 atom stereocenters. The van der Waals surface area contributed by atoms with E-state index >= 15 is 0 Å². The van der Waals surface area contributed by atoms with Crippen molar-refractivity contribution in [3.05, 3.63) is 270 Å². The van der Waals surface area contributed by atoms with Gasteiger partial charge >= 0.3 is 0 Å². The normalized spacial score (nSPS) is 13.0. The van der Waals surface area contributed by atoms with Crippen LogP contribution in [0.25, 0.3) is 55.3 Å². The minimum Gasteiger partial charge on any atom is -0.310 e. The summed E-state index contributed by atoms with van der Waals surface area (Å²) in [5.41, 5.74) is 20.7. The minimum absolute atomic E-state index is 0.609. The predicted molar refractivity (Wildman–Crippen MR) is 255 cm³/mol. The van der Waals surface area contributed by atoms with Crippen LogP contribution in [0, 0.1) is 0 Å². The maximum atomic E-state index is 2.50. The van der Waals surface area contributed by atoms with Crippen LogP contribution in [-0.2, 0) is 11.8 Å². The number of rotatable bonds is 5. The summed E-state index contributed by atoms with van der Waals surface area (Å²) in [6.45, 7) is 0. The van der Waals surface area contributed by atoms with E-state index in [2.05, 4.69) is 241 Å². The Morgan fingerprint density at radius 3 is 1.26 bits per heavy atom. The molecule has 1 nitrogen and oxygen atoms in total. The lowest BCUT2D eigenvalue weighted by Crippen LogP contribution is -2.40. The predicted octanol–water partition coefficient (Wildman–Crippen LogP) is 15.6. The molecule has 2 aliphatic carbocycles. The third kappa shape index (κ3) is 5.48. The molecular weight excluding hydrogens is 735 g/mol. The topological polar surface area (TPSA) is 3.24 Å². The zero-order valence-corrected chi connectivity index (χ0v) is 33.7. The van der Waals surface area contributed by atoms with Crippen LogP contribution in [0.2, 0.25) is 0 Å². The van der Waals surface area contributed by atoms with Gasteiger partial charge in [0.25, 0.3) is 0 Å². The first-order valence-corrected chi connectivity index (χ1v) is 21.3. The van der Waals surface area contributed by atoms with E-state index in [4.69, 9.17) is 0 Å². The summed E-state index contributed by atoms with van der Waals surface area (Å²) >= 11 is 0. The maximum Gasteiger partial charge on any atom is 0.0746 e. The highest BCUT2D eigenvalue weighted by atomic mass is 15.1. The fourth-order valence-corrected chi connectivity index (χ4v) is 10.5. The second-order valence-electron chi connectivity index (χ2n) is 16.4. The van der Waals surface area contributed by atoms with E-state index in [1.54, 1.807) is 0 Å². The molecule has 0 aromatic heterocycles. The number of benzene rings is 10. The summed E-state index contributed by atoms with van der Waals surface area (Å²) in [6, 6.07) is 87.8. The van der Waals surface area contributed by atoms with Gasteiger partial charge in [0.2, 0.25) is 0 Å². The van der Waals surface area contributed by atoms with Gasteiger partial charge in [-0.25, -0.2) is 0 Å². The first-order valence-electron chi connectivity index (χ1n) is 21.3. The van der Waals surface area contributed by atoms with Crippen LogP contribution in [0.5, 0.6) is 0 Å². The van der Waals surface area contributed by atoms with Crippen molar-refractivity contribution in [1.29, 1.82) is 0 Å². The van der Waals surface area contributed by atoms with Crippen molar-refractivity contribution in [3.63, 3.8) is 0 Å². The quantitative estimate of drug-likeness (QED) is 0.168. The number of hydrogen-bond donors (Lipinski definition) is 0. The lowest BCUT2D eigenvalue weighted by Gasteiger charge is -2.49. The fourth-order valence-electron chi connectivity index (χ4n) is 10.5. The third-order valence-electron chi connectivity index (χ3n) is 13.2. The summed E-state index contributed by atoms with van der Waals surface area (Å²) in [4.78, 5) is 2.50. The van der Waals surface area contributed by atoms with E-state index in [1.807, 2.05) is 0 Å². The zero-order chi connectivity index (χ0) is 40.3. The Morgan fingerprint density at radius 1 is 0.311 bits per heavy atom. The Morgan fingerprint density at radius 2 is 0.738 bits per heavy atom. The van der Waals surface area contributed by atoms with E-state index in [0.717, 1.165) is 17.8 Å². The van der Waals surface area contributed by atoms with Crippen LogP contribution in [0.3, 0.4) is 0 Å². The molecule has 1 heteroatoms. The van der Waals surface area contributed by atoms with Gasteiger partial charge in [0.15, 0.2) is 0 Å². The second kappa shape index (κ2) is 14.2. The lowest BCUT2D eigenvalue weighted by atomic mass is 9.53. The number of anilines is 3. The van der Waals surface area contributed by atoms with Crippen molar-refractivity contribution >= 4 is 27.8 Å². The van der Waals surface area contributed by atoms with Gasteiger partial charge in [-0.1, -0.05) is 206 Å². The molecule has 0 radical (unpaired) electrons. The average Bonchev–Trinajstić information content (AvgIpc) is 3.33. The van der Waals surface area contributed by atoms with Gasteiger partial charge in [-0.3, -0.25) is 0 Å². The summed E-state index contributed by atoms with van der Waals surface area (Å²) < 4.78 is 0. The van der Waals surface area contributed by atoms with Crippen molar-refractivity contribution in [2.24, 2.45) is 0 Å². The SMILES string of the molecule is c1ccc(-c2ccc(N(c3ccc(-c4ccccc4)cc3)c3ccc4cccc5c4c3C53c4ccccc4-c4ccccc4Cc4ccccc4-c4ccccc43)cc2)cc1. The highest BCUT2D eigenvalue weighted by molar-refractivity contribution is 6.08. The van der Waals surface area contributed by atoms with Gasteiger partial charge in [-0.05, 0) is 120 Å². The summed E-state index contributed by atoms with van der Waals surface area (Å²) in [6.07, 6.45) is 0.852. The fraction of sp³-hybridized carbons (Fsp3) is 0.0333. The molecule has 0 heterocycles. The molecule has 2 aliphatic rings. The first-order chi connectivity index (χ1) is 30.3. The van der Waals surface area contributed by atoms with Crippen LogP contribution in [-0.4, -0.2) is 0 Å². The molecule has 0 bridgehead atoms. The molecule has 0 aliphatic heterocycles. The second-order valence-corrected chi connectivity index (χ2v) is 16.4. The Bertz CT molecular complexity index is 3080. The van der Waals surface area contributed by atoms with Gasteiger partial charge in [0.05, 0.1) is 11.1 Å². The Hall–Kier alpha value is -7.74. The minimum atomic E-state index is -0.609. The summed E-state index contributed by atoms with van der Waals surface area (Å²) in [5, 5.41) is 2.59. The molecule has 0 amide bonds. The molecule has 1 spiro atoms. The Kier molecular flexibility index (Phi) is 8.21. The van der Waals surface area contributed by atoms with Crippen LogP contribution >= 0.6 is 0 Å². The third-order valence-corrected chi connectivity index (χ3v) is 13.2. The van der Waals surface area contributed by atoms with Gasteiger partial charge in [0, 0.05) is 16.9 Å². The van der Waals surface area contributed by atoms with E-state index in [1.165, 1.54) is 94.3 Å². The van der Waals surface area contributed by atoms with Gasteiger partial charge in [-0.15, -0.1) is 0 Å². The maximum absolute atomic E-state index is 2.50. The van der Waals surface area contributed by atoms with Crippen LogP contribution < -0.4 is 4.90 Å². The van der Waals surface area contributed by atoms with E-state index in [9.17, 15) is 0 Å². The van der Waals surface area contributed by atoms with E-state index < -0.39 is 5.41 Å². The summed E-state index contributed by atoms with van der Waals surface area (Å²) in [7, 11) is 0. The lowest BCUT2D eigenvalue weighted by molar-refractivity contribution is 0.726. The standard InChI is InChI=1S/C60H41N/c1-3-16-41(17-4-1)43-30-35-48(36-31-43)61(49-37-32-44(33-38-49)42-18-5-2-6-19-42)57-39-34-45-22-15-29-56-58(45)59(57)60(56)54-27-13-11-25-52(54)50-23-9-7-20-46(50)40-47-21-8-10-24-51(47)53-26-12-14-28-55(53)60/h1-39H,40H2. The van der Waals surface area contributed by atoms with E-state index in [0.29, 0.717) is 0 Å². The van der Waals surface area contributed by atoms with Crippen molar-refractivity contribution in [2.75, 3.05) is 4.90 Å². The van der Waals surface area contributed by atoms with Crippen molar-refractivity contribution in [2.45, 2.75) is 11.8 Å². The van der Waals surface area contributed by atoms with Gasteiger partial charge in [-0.2, -0.15) is 0 Å². The molecule has 61 heavy (non-hydrogen) atoms. The highest BCUT2D eigenvalue weighted by Crippen LogP contribution is 2.64. The smallest absolute Gasteiger partial charge is 0.0746 e. The molecule has 286 valence electrons. The molecule has 12 rings (SSSR count). The van der Waals surface area contributed by atoms with Crippen molar-refractivity contribution < 1.29 is 0 Å². The number of nitrogens with zero attached hydrogens (tertiary/aromatic N) is 1. The summed E-state index contributed by atoms with van der Waals surface area (Å²) in [5.74, 6) is 0. The van der Waals surface area contributed by atoms with Crippen LogP contribution in [0.15, 0.2) is 237 Å². The van der Waals surface area contributed by atoms with Crippen molar-refractivity contribution in [3.8, 4) is 44.5 Å². The van der Waals surface area contributed by atoms with Gasteiger partial charge in [0.1, 0.15) is 0 Å². The Balaban J connectivity index is 1.18. The molecular formula is C60H41N. The molecule has 0 saturated heterocycles. The first kappa shape index (κ1) is 35.2. The molecule has 0 fully saturated rings. The Labute approximate surface area is 357 Å². The molecule has 0 unspecified atom stereocenters. The van der Waals surface area contributed by atoms with Crippen molar-refractivity contribution in [1.82, 2.24) is 0 Å².